The Morgan fingerprint density at radius 3 is 2.63 bits per heavy atom. The van der Waals surface area contributed by atoms with Crippen LogP contribution in [0.25, 0.3) is 0 Å². The van der Waals surface area contributed by atoms with Gasteiger partial charge < -0.3 is 14.8 Å². The maximum absolute atomic E-state index is 11.7. The number of hydrogen-bond donors (Lipinski definition) is 2. The van der Waals surface area contributed by atoms with Crippen molar-refractivity contribution in [1.82, 2.24) is 10.3 Å². The maximum Gasteiger partial charge on any atom is 0.326 e. The molecule has 0 spiro atoms. The number of carboxylic acid groups (broad SMARTS) is 1. The third-order valence-corrected chi connectivity index (χ3v) is 2.54. The van der Waals surface area contributed by atoms with Crippen LogP contribution in [0.1, 0.15) is 16.1 Å². The number of carbonyl (C=O) groups excluding carboxylic acids is 1. The smallest absolute Gasteiger partial charge is 0.326 e. The van der Waals surface area contributed by atoms with E-state index in [1.54, 1.807) is 12.1 Å². The van der Waals surface area contributed by atoms with E-state index < -0.39 is 17.9 Å². The number of aromatic nitrogens is 1. The lowest BCUT2D eigenvalue weighted by Gasteiger charge is -2.13. The molecule has 0 saturated carbocycles. The second kappa shape index (κ2) is 5.81. The summed E-state index contributed by atoms with van der Waals surface area (Å²) < 4.78 is 4.81. The molecule has 0 saturated heterocycles. The lowest BCUT2D eigenvalue weighted by Crippen LogP contribution is -2.42. The molecule has 1 aromatic heterocycles. The second-order valence-electron chi connectivity index (χ2n) is 3.92. The van der Waals surface area contributed by atoms with Crippen LogP contribution in [0.2, 0.25) is 0 Å². The van der Waals surface area contributed by atoms with Crippen molar-refractivity contribution >= 4 is 11.9 Å². The van der Waals surface area contributed by atoms with E-state index in [-0.39, 0.29) is 12.2 Å². The van der Waals surface area contributed by atoms with E-state index >= 15 is 0 Å². The minimum atomic E-state index is -1.10. The Balaban J connectivity index is 2.05. The molecule has 19 heavy (non-hydrogen) atoms. The summed E-state index contributed by atoms with van der Waals surface area (Å²) in [6, 6.07) is 8.05. The Hall–Kier alpha value is -2.63. The van der Waals surface area contributed by atoms with Crippen molar-refractivity contribution in [2.75, 3.05) is 0 Å². The van der Waals surface area contributed by atoms with Gasteiger partial charge in [-0.25, -0.2) is 9.78 Å². The zero-order valence-corrected chi connectivity index (χ0v) is 9.95. The van der Waals surface area contributed by atoms with Crippen LogP contribution >= 0.6 is 0 Å². The number of nitrogens with zero attached hydrogens (tertiary/aromatic N) is 1. The molecule has 0 radical (unpaired) electrons. The van der Waals surface area contributed by atoms with Gasteiger partial charge in [-0.15, -0.1) is 0 Å². The molecule has 0 unspecified atom stereocenters. The lowest BCUT2D eigenvalue weighted by atomic mass is 10.1. The molecule has 6 nitrogen and oxygen atoms in total. The summed E-state index contributed by atoms with van der Waals surface area (Å²) in [5, 5.41) is 11.5. The van der Waals surface area contributed by atoms with Gasteiger partial charge in [0.2, 0.25) is 5.76 Å². The van der Waals surface area contributed by atoms with Gasteiger partial charge in [0.25, 0.3) is 5.91 Å². The molecule has 1 atom stereocenters. The van der Waals surface area contributed by atoms with Crippen molar-refractivity contribution in [3.8, 4) is 0 Å². The van der Waals surface area contributed by atoms with Gasteiger partial charge in [-0.05, 0) is 5.56 Å². The van der Waals surface area contributed by atoms with Crippen LogP contribution in [0, 0.1) is 0 Å². The van der Waals surface area contributed by atoms with E-state index in [1.807, 2.05) is 18.2 Å². The third-order valence-electron chi connectivity index (χ3n) is 2.54. The molecule has 0 aliphatic heterocycles. The summed E-state index contributed by atoms with van der Waals surface area (Å²) in [6.45, 7) is 0. The van der Waals surface area contributed by atoms with Gasteiger partial charge in [0.1, 0.15) is 6.04 Å². The molecule has 2 rings (SSSR count). The molecular weight excluding hydrogens is 248 g/mol. The Morgan fingerprint density at radius 2 is 2.05 bits per heavy atom. The Kier molecular flexibility index (Phi) is 3.92. The average molecular weight is 260 g/mol. The standard InChI is InChI=1S/C13H12N2O4/c16-12(11-7-14-8-19-11)15-10(13(17)18)6-9-4-2-1-3-5-9/h1-5,7-8,10H,6H2,(H,15,16)(H,17,18)/t10-/m0/s1. The first-order chi connectivity index (χ1) is 9.16. The molecular formula is C13H12N2O4. The zero-order valence-electron chi connectivity index (χ0n) is 9.95. The van der Waals surface area contributed by atoms with E-state index in [2.05, 4.69) is 10.3 Å². The number of carbonyl (C=O) groups is 2. The summed E-state index contributed by atoms with van der Waals surface area (Å²) in [6.07, 6.45) is 2.55. The Morgan fingerprint density at radius 1 is 1.32 bits per heavy atom. The highest BCUT2D eigenvalue weighted by Crippen LogP contribution is 2.05. The van der Waals surface area contributed by atoms with E-state index in [4.69, 9.17) is 9.52 Å². The topological polar surface area (TPSA) is 92.4 Å². The monoisotopic (exact) mass is 260 g/mol. The SMILES string of the molecule is O=C(N[C@@H](Cc1ccccc1)C(=O)O)c1cnco1. The summed E-state index contributed by atoms with van der Waals surface area (Å²) in [4.78, 5) is 26.5. The number of rotatable bonds is 5. The maximum atomic E-state index is 11.7. The third kappa shape index (κ3) is 3.41. The highest BCUT2D eigenvalue weighted by molar-refractivity contribution is 5.94. The second-order valence-corrected chi connectivity index (χ2v) is 3.92. The van der Waals surface area contributed by atoms with Crippen LogP contribution < -0.4 is 5.32 Å². The normalized spacial score (nSPS) is 11.8. The fourth-order valence-electron chi connectivity index (χ4n) is 1.61. The highest BCUT2D eigenvalue weighted by atomic mass is 16.4. The summed E-state index contributed by atoms with van der Waals surface area (Å²) >= 11 is 0. The number of carboxylic acids is 1. The first-order valence-corrected chi connectivity index (χ1v) is 5.63. The van der Waals surface area contributed by atoms with Crippen molar-refractivity contribution in [3.63, 3.8) is 0 Å². The first kappa shape index (κ1) is 12.8. The van der Waals surface area contributed by atoms with Crippen LogP contribution in [0.15, 0.2) is 47.3 Å². The van der Waals surface area contributed by atoms with Gasteiger partial charge in [-0.3, -0.25) is 4.79 Å². The first-order valence-electron chi connectivity index (χ1n) is 5.63. The van der Waals surface area contributed by atoms with Crippen LogP contribution in [-0.2, 0) is 11.2 Å². The average Bonchev–Trinajstić information content (AvgIpc) is 2.93. The predicted molar refractivity (Wildman–Crippen MR) is 65.5 cm³/mol. The quantitative estimate of drug-likeness (QED) is 0.839. The van der Waals surface area contributed by atoms with E-state index in [9.17, 15) is 9.59 Å². The largest absolute Gasteiger partial charge is 0.480 e. The molecule has 0 aliphatic rings. The van der Waals surface area contributed by atoms with Crippen molar-refractivity contribution in [2.45, 2.75) is 12.5 Å². The molecule has 0 fully saturated rings. The number of benzene rings is 1. The predicted octanol–water partition coefficient (Wildman–Crippen LogP) is 1.10. The summed E-state index contributed by atoms with van der Waals surface area (Å²) in [5.41, 5.74) is 0.827. The summed E-state index contributed by atoms with van der Waals surface area (Å²) in [5.74, 6) is -1.71. The molecule has 98 valence electrons. The molecule has 0 bridgehead atoms. The number of aliphatic carboxylic acids is 1. The van der Waals surface area contributed by atoms with Crippen LogP contribution in [0.5, 0.6) is 0 Å². The molecule has 1 heterocycles. The molecule has 1 amide bonds. The minimum absolute atomic E-state index is 0.0145. The van der Waals surface area contributed by atoms with E-state index in [0.717, 1.165) is 12.0 Å². The zero-order chi connectivity index (χ0) is 13.7. The number of hydrogen-bond acceptors (Lipinski definition) is 4. The van der Waals surface area contributed by atoms with E-state index in [0.29, 0.717) is 0 Å². The fourth-order valence-corrected chi connectivity index (χ4v) is 1.61. The van der Waals surface area contributed by atoms with Crippen molar-refractivity contribution in [1.29, 1.82) is 0 Å². The van der Waals surface area contributed by atoms with Crippen molar-refractivity contribution in [3.05, 3.63) is 54.2 Å². The van der Waals surface area contributed by atoms with E-state index in [1.165, 1.54) is 6.20 Å². The van der Waals surface area contributed by atoms with Crippen LogP contribution in [0.3, 0.4) is 0 Å². The van der Waals surface area contributed by atoms with Crippen LogP contribution in [-0.4, -0.2) is 28.0 Å². The van der Waals surface area contributed by atoms with Crippen LogP contribution in [0.4, 0.5) is 0 Å². The molecule has 6 heteroatoms. The molecule has 1 aromatic carbocycles. The highest BCUT2D eigenvalue weighted by Gasteiger charge is 2.22. The van der Waals surface area contributed by atoms with Gasteiger partial charge in [0.15, 0.2) is 6.39 Å². The Labute approximate surface area is 109 Å². The van der Waals surface area contributed by atoms with Gasteiger partial charge in [-0.2, -0.15) is 0 Å². The molecule has 2 N–H and O–H groups in total. The molecule has 0 aliphatic carbocycles. The van der Waals surface area contributed by atoms with Crippen molar-refractivity contribution in [2.24, 2.45) is 0 Å². The fraction of sp³-hybridized carbons (Fsp3) is 0.154. The summed E-state index contributed by atoms with van der Waals surface area (Å²) in [7, 11) is 0. The van der Waals surface area contributed by atoms with Gasteiger partial charge >= 0.3 is 5.97 Å². The number of nitrogens with one attached hydrogen (secondary N) is 1. The lowest BCUT2D eigenvalue weighted by molar-refractivity contribution is -0.139. The van der Waals surface area contributed by atoms with Gasteiger partial charge in [0, 0.05) is 6.42 Å². The Bertz CT molecular complexity index is 551. The number of oxazole rings is 1. The minimum Gasteiger partial charge on any atom is -0.480 e. The van der Waals surface area contributed by atoms with Crippen molar-refractivity contribution < 1.29 is 19.1 Å². The van der Waals surface area contributed by atoms with Gasteiger partial charge in [-0.1, -0.05) is 30.3 Å². The number of amides is 1. The molecule has 2 aromatic rings. The van der Waals surface area contributed by atoms with Gasteiger partial charge in [0.05, 0.1) is 6.20 Å².